The maximum atomic E-state index is 6.39. The molecule has 3 heteroatoms. The Morgan fingerprint density at radius 1 is 0.357 bits per heavy atom. The van der Waals surface area contributed by atoms with Gasteiger partial charge in [-0.3, -0.25) is 0 Å². The van der Waals surface area contributed by atoms with Crippen molar-refractivity contribution in [2.75, 3.05) is 0 Å². The summed E-state index contributed by atoms with van der Waals surface area (Å²) in [7, 11) is 0. The number of para-hydroxylation sites is 2. The van der Waals surface area contributed by atoms with Gasteiger partial charge in [-0.05, 0) is 62.2 Å². The number of benzene rings is 8. The van der Waals surface area contributed by atoms with Gasteiger partial charge in [0.1, 0.15) is 11.2 Å². The normalized spacial score (nSPS) is 13.1. The summed E-state index contributed by atoms with van der Waals surface area (Å²) >= 11 is 0. The van der Waals surface area contributed by atoms with E-state index in [0.717, 1.165) is 61.1 Å². The van der Waals surface area contributed by atoms with E-state index in [1.54, 1.807) is 0 Å². The molecule has 10 aromatic rings. The Morgan fingerprint density at radius 3 is 1.66 bits per heavy atom. The van der Waals surface area contributed by atoms with Crippen molar-refractivity contribution in [2.45, 2.75) is 5.41 Å². The number of fused-ring (bicyclic) bond motifs is 13. The maximum absolute atomic E-state index is 6.39. The lowest BCUT2D eigenvalue weighted by molar-refractivity contribution is 0.670. The molecule has 3 nitrogen and oxygen atoms in total. The van der Waals surface area contributed by atoms with E-state index >= 15 is 0 Å². The van der Waals surface area contributed by atoms with Crippen LogP contribution in [0.5, 0.6) is 0 Å². The van der Waals surface area contributed by atoms with Crippen LogP contribution in [0.1, 0.15) is 22.3 Å². The van der Waals surface area contributed by atoms with Crippen molar-refractivity contribution in [3.05, 3.63) is 216 Å². The first-order valence-corrected chi connectivity index (χ1v) is 19.2. The number of furan rings is 1. The Morgan fingerprint density at radius 2 is 0.893 bits per heavy atom. The zero-order valence-electron chi connectivity index (χ0n) is 30.3. The summed E-state index contributed by atoms with van der Waals surface area (Å²) in [6.45, 7) is 0. The van der Waals surface area contributed by atoms with Gasteiger partial charge in [-0.1, -0.05) is 182 Å². The molecule has 12 rings (SSSR count). The molecule has 0 bridgehead atoms. The Labute approximate surface area is 324 Å². The van der Waals surface area contributed by atoms with E-state index in [4.69, 9.17) is 14.4 Å². The Kier molecular flexibility index (Phi) is 6.55. The number of rotatable bonds is 4. The Hall–Kier alpha value is -7.36. The standard InChI is InChI=1S/C53H32N2O/c1-2-14-34(15-3-1)47-32-48(55-52(54-47)35-30-28-33(29-31-35)36-20-12-21-40-39-18-7-11-27-49(39)56-51(36)40)42-22-13-26-46-50(42)41-19-6-10-25-45(41)53(46)43-23-8-4-16-37(43)38-17-5-9-24-44(38)53/h1-32H. The predicted octanol–water partition coefficient (Wildman–Crippen LogP) is 13.4. The van der Waals surface area contributed by atoms with Crippen LogP contribution in [0, 0.1) is 0 Å². The second kappa shape index (κ2) is 11.8. The molecular weight excluding hydrogens is 681 g/mol. The van der Waals surface area contributed by atoms with Crippen molar-refractivity contribution in [2.24, 2.45) is 0 Å². The topological polar surface area (TPSA) is 38.9 Å². The van der Waals surface area contributed by atoms with Crippen LogP contribution >= 0.6 is 0 Å². The fourth-order valence-corrected chi connectivity index (χ4v) is 9.60. The van der Waals surface area contributed by atoms with Gasteiger partial charge in [0.15, 0.2) is 5.82 Å². The summed E-state index contributed by atoms with van der Waals surface area (Å²) in [4.78, 5) is 10.6. The molecule has 0 fully saturated rings. The highest BCUT2D eigenvalue weighted by Gasteiger charge is 2.52. The minimum absolute atomic E-state index is 0.425. The van der Waals surface area contributed by atoms with Crippen molar-refractivity contribution in [1.29, 1.82) is 0 Å². The first kappa shape index (κ1) is 31.0. The van der Waals surface area contributed by atoms with Gasteiger partial charge in [0.2, 0.25) is 0 Å². The van der Waals surface area contributed by atoms with E-state index in [1.807, 2.05) is 18.2 Å². The molecular formula is C53H32N2O. The van der Waals surface area contributed by atoms with Crippen LogP contribution in [0.4, 0.5) is 0 Å². The van der Waals surface area contributed by atoms with Gasteiger partial charge in [0, 0.05) is 33.0 Å². The third-order valence-electron chi connectivity index (χ3n) is 12.0. The van der Waals surface area contributed by atoms with E-state index in [2.05, 4.69) is 176 Å². The van der Waals surface area contributed by atoms with Crippen molar-refractivity contribution in [3.8, 4) is 67.3 Å². The molecule has 56 heavy (non-hydrogen) atoms. The van der Waals surface area contributed by atoms with Crippen LogP contribution in [0.25, 0.3) is 89.2 Å². The van der Waals surface area contributed by atoms with Crippen LogP contribution in [0.15, 0.2) is 199 Å². The molecule has 8 aromatic carbocycles. The average Bonchev–Trinajstić information content (AvgIpc) is 3.91. The molecule has 0 unspecified atom stereocenters. The van der Waals surface area contributed by atoms with Crippen molar-refractivity contribution < 1.29 is 4.42 Å². The average molecular weight is 713 g/mol. The van der Waals surface area contributed by atoms with E-state index in [9.17, 15) is 0 Å². The van der Waals surface area contributed by atoms with Crippen LogP contribution < -0.4 is 0 Å². The van der Waals surface area contributed by atoms with Crippen LogP contribution in [-0.4, -0.2) is 9.97 Å². The van der Waals surface area contributed by atoms with Gasteiger partial charge >= 0.3 is 0 Å². The van der Waals surface area contributed by atoms with Crippen molar-refractivity contribution in [1.82, 2.24) is 9.97 Å². The largest absolute Gasteiger partial charge is 0.455 e. The SMILES string of the molecule is c1ccc(-c2cc(-c3cccc4c3-c3ccccc3C43c4ccccc4-c4ccccc43)nc(-c3ccc(-c4cccc5c4oc4ccccc45)cc3)n2)cc1. The Balaban J connectivity index is 1.05. The lowest BCUT2D eigenvalue weighted by atomic mass is 9.70. The zero-order valence-corrected chi connectivity index (χ0v) is 30.3. The van der Waals surface area contributed by atoms with E-state index in [-0.39, 0.29) is 0 Å². The highest BCUT2D eigenvalue weighted by atomic mass is 16.3. The van der Waals surface area contributed by atoms with Gasteiger partial charge in [-0.25, -0.2) is 9.97 Å². The number of aromatic nitrogens is 2. The second-order valence-corrected chi connectivity index (χ2v) is 14.8. The maximum Gasteiger partial charge on any atom is 0.160 e. The van der Waals surface area contributed by atoms with Gasteiger partial charge < -0.3 is 4.42 Å². The third kappa shape index (κ3) is 4.28. The molecule has 0 N–H and O–H groups in total. The molecule has 0 aliphatic heterocycles. The first-order valence-electron chi connectivity index (χ1n) is 19.2. The van der Waals surface area contributed by atoms with Gasteiger partial charge in [0.25, 0.3) is 0 Å². The van der Waals surface area contributed by atoms with Crippen LogP contribution in [0.3, 0.4) is 0 Å². The molecule has 2 aromatic heterocycles. The summed E-state index contributed by atoms with van der Waals surface area (Å²) in [5, 5.41) is 2.25. The molecule has 0 atom stereocenters. The van der Waals surface area contributed by atoms with Gasteiger partial charge in [-0.15, -0.1) is 0 Å². The summed E-state index contributed by atoms with van der Waals surface area (Å²) in [6, 6.07) is 69.4. The van der Waals surface area contributed by atoms with Crippen molar-refractivity contribution >= 4 is 21.9 Å². The van der Waals surface area contributed by atoms with E-state index in [0.29, 0.717) is 5.82 Å². The lowest BCUT2D eigenvalue weighted by Crippen LogP contribution is -2.25. The minimum Gasteiger partial charge on any atom is -0.455 e. The summed E-state index contributed by atoms with van der Waals surface area (Å²) in [5.41, 5.74) is 18.7. The Bertz CT molecular complexity index is 3150. The fourth-order valence-electron chi connectivity index (χ4n) is 9.60. The van der Waals surface area contributed by atoms with E-state index in [1.165, 1.54) is 44.5 Å². The highest BCUT2D eigenvalue weighted by Crippen LogP contribution is 2.63. The summed E-state index contributed by atoms with van der Waals surface area (Å²) in [6.07, 6.45) is 0. The summed E-state index contributed by atoms with van der Waals surface area (Å²) < 4.78 is 6.39. The number of hydrogen-bond acceptors (Lipinski definition) is 3. The van der Waals surface area contributed by atoms with Crippen LogP contribution in [0.2, 0.25) is 0 Å². The quantitative estimate of drug-likeness (QED) is 0.182. The van der Waals surface area contributed by atoms with Gasteiger partial charge in [0.05, 0.1) is 16.8 Å². The fraction of sp³-hybridized carbons (Fsp3) is 0.0189. The predicted molar refractivity (Wildman–Crippen MR) is 227 cm³/mol. The molecule has 2 aliphatic carbocycles. The molecule has 260 valence electrons. The summed E-state index contributed by atoms with van der Waals surface area (Å²) in [5.74, 6) is 0.685. The smallest absolute Gasteiger partial charge is 0.160 e. The molecule has 0 saturated heterocycles. The van der Waals surface area contributed by atoms with Gasteiger partial charge in [-0.2, -0.15) is 0 Å². The van der Waals surface area contributed by atoms with Crippen LogP contribution in [-0.2, 0) is 5.41 Å². The highest BCUT2D eigenvalue weighted by molar-refractivity contribution is 6.09. The van der Waals surface area contributed by atoms with E-state index < -0.39 is 5.41 Å². The molecule has 2 aliphatic rings. The minimum atomic E-state index is -0.425. The van der Waals surface area contributed by atoms with Crippen molar-refractivity contribution in [3.63, 3.8) is 0 Å². The lowest BCUT2D eigenvalue weighted by Gasteiger charge is -2.30. The number of nitrogens with zero attached hydrogens (tertiary/aromatic N) is 2. The molecule has 0 radical (unpaired) electrons. The molecule has 1 spiro atoms. The molecule has 0 amide bonds. The third-order valence-corrected chi connectivity index (χ3v) is 12.0. The monoisotopic (exact) mass is 712 g/mol. The number of hydrogen-bond donors (Lipinski definition) is 0. The first-order chi connectivity index (χ1) is 27.8. The molecule has 0 saturated carbocycles. The zero-order chi connectivity index (χ0) is 36.8. The molecule has 2 heterocycles. The second-order valence-electron chi connectivity index (χ2n) is 14.8.